The maximum atomic E-state index is 12.3. The molecule has 2 aromatic rings. The van der Waals surface area contributed by atoms with E-state index in [0.29, 0.717) is 18.3 Å². The van der Waals surface area contributed by atoms with E-state index >= 15 is 0 Å². The molecule has 1 atom stereocenters. The molecule has 1 aliphatic rings. The van der Waals surface area contributed by atoms with Gasteiger partial charge in [0, 0.05) is 23.1 Å². The third kappa shape index (κ3) is 4.42. The van der Waals surface area contributed by atoms with Crippen LogP contribution in [0.15, 0.2) is 29.6 Å². The highest BCUT2D eigenvalue weighted by atomic mass is 32.1. The molecule has 2 N–H and O–H groups in total. The largest absolute Gasteiger partial charge is 0.326 e. The molecule has 5 heteroatoms. The van der Waals surface area contributed by atoms with Gasteiger partial charge in [0.05, 0.1) is 10.7 Å². The van der Waals surface area contributed by atoms with Crippen LogP contribution in [0.25, 0.3) is 11.3 Å². The van der Waals surface area contributed by atoms with Crippen LogP contribution in [-0.2, 0) is 4.79 Å². The molecule has 1 aromatic heterocycles. The van der Waals surface area contributed by atoms with Gasteiger partial charge in [-0.1, -0.05) is 19.1 Å². The van der Waals surface area contributed by atoms with Crippen molar-refractivity contribution >= 4 is 22.9 Å². The predicted molar refractivity (Wildman–Crippen MR) is 100 cm³/mol. The number of amides is 1. The van der Waals surface area contributed by atoms with Crippen LogP contribution in [0.3, 0.4) is 0 Å². The molecule has 3 rings (SSSR count). The SMILES string of the molecule is Cc1nc(-c2ccc(NC(=O)CC(C)C3CCNCC3)cc2)cs1. The molecule has 1 unspecified atom stereocenters. The average Bonchev–Trinajstić information content (AvgIpc) is 3.02. The van der Waals surface area contributed by atoms with Gasteiger partial charge in [0.1, 0.15) is 0 Å². The number of carbonyl (C=O) groups excluding carboxylic acids is 1. The van der Waals surface area contributed by atoms with Gasteiger partial charge < -0.3 is 10.6 Å². The van der Waals surface area contributed by atoms with Crippen LogP contribution >= 0.6 is 11.3 Å². The molecule has 0 saturated carbocycles. The van der Waals surface area contributed by atoms with Gasteiger partial charge in [0.2, 0.25) is 5.91 Å². The van der Waals surface area contributed by atoms with E-state index in [-0.39, 0.29) is 5.91 Å². The first-order valence-corrected chi connectivity index (χ1v) is 9.53. The molecule has 1 fully saturated rings. The van der Waals surface area contributed by atoms with Crippen molar-refractivity contribution in [3.63, 3.8) is 0 Å². The predicted octanol–water partition coefficient (Wildman–Crippen LogP) is 4.08. The molecule has 1 aromatic carbocycles. The van der Waals surface area contributed by atoms with Gasteiger partial charge in [-0.15, -0.1) is 11.3 Å². The summed E-state index contributed by atoms with van der Waals surface area (Å²) in [5.74, 6) is 1.20. The monoisotopic (exact) mass is 343 g/mol. The third-order valence-electron chi connectivity index (χ3n) is 4.78. The summed E-state index contributed by atoms with van der Waals surface area (Å²) in [6, 6.07) is 7.94. The van der Waals surface area contributed by atoms with Crippen molar-refractivity contribution in [2.24, 2.45) is 11.8 Å². The van der Waals surface area contributed by atoms with Crippen molar-refractivity contribution in [1.82, 2.24) is 10.3 Å². The highest BCUT2D eigenvalue weighted by molar-refractivity contribution is 7.09. The summed E-state index contributed by atoms with van der Waals surface area (Å²) >= 11 is 1.65. The number of anilines is 1. The number of hydrogen-bond donors (Lipinski definition) is 2. The molecule has 0 spiro atoms. The Morgan fingerprint density at radius 1 is 1.33 bits per heavy atom. The lowest BCUT2D eigenvalue weighted by Gasteiger charge is -2.27. The van der Waals surface area contributed by atoms with Crippen molar-refractivity contribution < 1.29 is 4.79 Å². The molecule has 1 aliphatic heterocycles. The average molecular weight is 343 g/mol. The maximum absolute atomic E-state index is 12.3. The van der Waals surface area contributed by atoms with Gasteiger partial charge in [-0.05, 0) is 56.8 Å². The fraction of sp³-hybridized carbons (Fsp3) is 0.474. The highest BCUT2D eigenvalue weighted by Crippen LogP contribution is 2.26. The lowest BCUT2D eigenvalue weighted by Crippen LogP contribution is -2.32. The zero-order valence-corrected chi connectivity index (χ0v) is 15.2. The Morgan fingerprint density at radius 3 is 2.67 bits per heavy atom. The third-order valence-corrected chi connectivity index (χ3v) is 5.55. The van der Waals surface area contributed by atoms with Gasteiger partial charge in [0.25, 0.3) is 0 Å². The standard InChI is InChI=1S/C19H25N3OS/c1-13(15-7-9-20-10-8-15)11-19(23)22-17-5-3-16(4-6-17)18-12-24-14(2)21-18/h3-6,12-13,15,20H,7-11H2,1-2H3,(H,22,23). The first kappa shape index (κ1) is 17.1. The van der Waals surface area contributed by atoms with Crippen molar-refractivity contribution in [3.05, 3.63) is 34.7 Å². The minimum atomic E-state index is 0.110. The second-order valence-corrected chi connectivity index (χ2v) is 7.71. The lowest BCUT2D eigenvalue weighted by molar-refractivity contribution is -0.117. The van der Waals surface area contributed by atoms with Crippen molar-refractivity contribution in [2.45, 2.75) is 33.1 Å². The summed E-state index contributed by atoms with van der Waals surface area (Å²) in [5.41, 5.74) is 2.93. The van der Waals surface area contributed by atoms with E-state index in [2.05, 4.69) is 27.9 Å². The number of nitrogens with zero attached hydrogens (tertiary/aromatic N) is 1. The fourth-order valence-corrected chi connectivity index (χ4v) is 3.93. The summed E-state index contributed by atoms with van der Waals surface area (Å²) in [7, 11) is 0. The second kappa shape index (κ2) is 7.90. The van der Waals surface area contributed by atoms with E-state index in [1.165, 1.54) is 12.8 Å². The highest BCUT2D eigenvalue weighted by Gasteiger charge is 2.22. The Morgan fingerprint density at radius 2 is 2.04 bits per heavy atom. The van der Waals surface area contributed by atoms with Crippen molar-refractivity contribution in [1.29, 1.82) is 0 Å². The number of thiazole rings is 1. The first-order valence-electron chi connectivity index (χ1n) is 8.65. The number of benzene rings is 1. The van der Waals surface area contributed by atoms with Crippen LogP contribution in [0, 0.1) is 18.8 Å². The summed E-state index contributed by atoms with van der Waals surface area (Å²) in [4.78, 5) is 16.8. The zero-order valence-electron chi connectivity index (χ0n) is 14.3. The van der Waals surface area contributed by atoms with E-state index in [1.54, 1.807) is 11.3 Å². The normalized spacial score (nSPS) is 16.8. The van der Waals surface area contributed by atoms with Crippen molar-refractivity contribution in [2.75, 3.05) is 18.4 Å². The number of hydrogen-bond acceptors (Lipinski definition) is 4. The molecular formula is C19H25N3OS. The maximum Gasteiger partial charge on any atom is 0.224 e. The minimum absolute atomic E-state index is 0.110. The van der Waals surface area contributed by atoms with E-state index in [1.807, 2.05) is 31.2 Å². The van der Waals surface area contributed by atoms with Crippen LogP contribution in [0.4, 0.5) is 5.69 Å². The van der Waals surface area contributed by atoms with Gasteiger partial charge in [-0.3, -0.25) is 4.79 Å². The smallest absolute Gasteiger partial charge is 0.224 e. The van der Waals surface area contributed by atoms with E-state index in [0.717, 1.165) is 35.0 Å². The Labute approximate surface area is 147 Å². The van der Waals surface area contributed by atoms with E-state index in [4.69, 9.17) is 0 Å². The number of carbonyl (C=O) groups is 1. The molecular weight excluding hydrogens is 318 g/mol. The summed E-state index contributed by atoms with van der Waals surface area (Å²) < 4.78 is 0. The Bertz CT molecular complexity index is 674. The van der Waals surface area contributed by atoms with Gasteiger partial charge >= 0.3 is 0 Å². The molecule has 0 radical (unpaired) electrons. The summed E-state index contributed by atoms with van der Waals surface area (Å²) in [6.07, 6.45) is 2.95. The summed E-state index contributed by atoms with van der Waals surface area (Å²) in [6.45, 7) is 6.36. The Kier molecular flexibility index (Phi) is 5.63. The first-order chi connectivity index (χ1) is 11.6. The van der Waals surface area contributed by atoms with Crippen LogP contribution in [0.1, 0.15) is 31.2 Å². The van der Waals surface area contributed by atoms with E-state index in [9.17, 15) is 4.79 Å². The molecule has 0 aliphatic carbocycles. The lowest BCUT2D eigenvalue weighted by atomic mass is 9.84. The van der Waals surface area contributed by atoms with Crippen LogP contribution < -0.4 is 10.6 Å². The number of piperidine rings is 1. The fourth-order valence-electron chi connectivity index (χ4n) is 3.30. The second-order valence-electron chi connectivity index (χ2n) is 6.65. The van der Waals surface area contributed by atoms with Crippen LogP contribution in [0.5, 0.6) is 0 Å². The quantitative estimate of drug-likeness (QED) is 0.860. The molecule has 1 saturated heterocycles. The van der Waals surface area contributed by atoms with Crippen LogP contribution in [0.2, 0.25) is 0 Å². The van der Waals surface area contributed by atoms with Gasteiger partial charge in [-0.2, -0.15) is 0 Å². The molecule has 24 heavy (non-hydrogen) atoms. The van der Waals surface area contributed by atoms with Crippen LogP contribution in [-0.4, -0.2) is 24.0 Å². The molecule has 4 nitrogen and oxygen atoms in total. The molecule has 128 valence electrons. The minimum Gasteiger partial charge on any atom is -0.326 e. The Hall–Kier alpha value is -1.72. The number of aromatic nitrogens is 1. The summed E-state index contributed by atoms with van der Waals surface area (Å²) in [5, 5.41) is 9.52. The number of aryl methyl sites for hydroxylation is 1. The number of rotatable bonds is 5. The Balaban J connectivity index is 1.54. The van der Waals surface area contributed by atoms with Crippen molar-refractivity contribution in [3.8, 4) is 11.3 Å². The van der Waals surface area contributed by atoms with Gasteiger partial charge in [0.15, 0.2) is 0 Å². The van der Waals surface area contributed by atoms with E-state index < -0.39 is 0 Å². The topological polar surface area (TPSA) is 54.0 Å². The number of nitrogens with one attached hydrogen (secondary N) is 2. The molecule has 1 amide bonds. The molecule has 2 heterocycles. The zero-order chi connectivity index (χ0) is 16.9. The molecule has 0 bridgehead atoms. The van der Waals surface area contributed by atoms with Gasteiger partial charge in [-0.25, -0.2) is 4.98 Å².